The maximum Gasteiger partial charge on any atom is 0.417 e. The van der Waals surface area contributed by atoms with Crippen molar-refractivity contribution >= 4 is 58.6 Å². The molecule has 0 aliphatic heterocycles. The van der Waals surface area contributed by atoms with Gasteiger partial charge in [0.1, 0.15) is 17.7 Å². The Bertz CT molecular complexity index is 1470. The van der Waals surface area contributed by atoms with Crippen LogP contribution in [0.4, 0.5) is 26.3 Å². The van der Waals surface area contributed by atoms with Crippen molar-refractivity contribution in [3.8, 4) is 0 Å². The molecule has 0 amide bonds. The lowest BCUT2D eigenvalue weighted by Gasteiger charge is -2.18. The van der Waals surface area contributed by atoms with Gasteiger partial charge in [-0.05, 0) is 41.5 Å². The molecule has 262 valence electrons. The van der Waals surface area contributed by atoms with E-state index < -0.39 is 47.9 Å². The smallest absolute Gasteiger partial charge is 0.330 e. The van der Waals surface area contributed by atoms with Gasteiger partial charge in [0, 0.05) is 81.6 Å². The molecule has 0 spiro atoms. The van der Waals surface area contributed by atoms with E-state index in [-0.39, 0.29) is 70.0 Å². The first-order valence-corrected chi connectivity index (χ1v) is 18.4. The summed E-state index contributed by atoms with van der Waals surface area (Å²) in [6.45, 7) is 0.819. The molecule has 0 radical (unpaired) electrons. The van der Waals surface area contributed by atoms with Gasteiger partial charge in [0.15, 0.2) is 11.6 Å². The number of hydrogen-bond donors (Lipinski definition) is 4. The van der Waals surface area contributed by atoms with Gasteiger partial charge < -0.3 is 22.9 Å². The summed E-state index contributed by atoms with van der Waals surface area (Å²) >= 11 is 4.31. The zero-order valence-electron chi connectivity index (χ0n) is 25.5. The second kappa shape index (κ2) is 18.6. The molecule has 0 saturated carbocycles. The summed E-state index contributed by atoms with van der Waals surface area (Å²) in [6.07, 6.45) is -9.39. The highest BCUT2D eigenvalue weighted by Gasteiger charge is 2.36. The minimum Gasteiger partial charge on any atom is -0.330 e. The summed E-state index contributed by atoms with van der Waals surface area (Å²) < 4.78 is 84.0. The van der Waals surface area contributed by atoms with E-state index in [1.54, 1.807) is 0 Å². The number of carbonyl (C=O) groups excluding carboxylic acids is 2. The molecule has 0 atom stereocenters. The summed E-state index contributed by atoms with van der Waals surface area (Å²) in [5.41, 5.74) is 20.2. The van der Waals surface area contributed by atoms with Crippen LogP contribution in [0, 0.1) is 0 Å². The van der Waals surface area contributed by atoms with Crippen LogP contribution in [0.2, 0.25) is 0 Å². The lowest BCUT2D eigenvalue weighted by Crippen LogP contribution is -2.15. The van der Waals surface area contributed by atoms with Crippen LogP contribution in [-0.2, 0) is 25.2 Å². The summed E-state index contributed by atoms with van der Waals surface area (Å²) in [7, 11) is 0. The van der Waals surface area contributed by atoms with Crippen molar-refractivity contribution in [2.75, 3.05) is 49.2 Å². The van der Waals surface area contributed by atoms with Crippen LogP contribution in [0.3, 0.4) is 0 Å². The highest BCUT2D eigenvalue weighted by atomic mass is 32.2. The van der Waals surface area contributed by atoms with E-state index in [9.17, 15) is 35.9 Å². The minimum absolute atomic E-state index is 0.0257. The molecule has 0 fully saturated rings. The lowest BCUT2D eigenvalue weighted by atomic mass is 10.0. The van der Waals surface area contributed by atoms with Gasteiger partial charge >= 0.3 is 12.4 Å². The summed E-state index contributed by atoms with van der Waals surface area (Å²) in [6, 6.07) is 5.69. The van der Waals surface area contributed by atoms with Gasteiger partial charge in [-0.2, -0.15) is 26.3 Å². The van der Waals surface area contributed by atoms with E-state index in [4.69, 9.17) is 22.9 Å². The van der Waals surface area contributed by atoms with Crippen LogP contribution in [-0.4, -0.2) is 70.7 Å². The maximum atomic E-state index is 14.0. The van der Waals surface area contributed by atoms with E-state index >= 15 is 0 Å². The van der Waals surface area contributed by atoms with Crippen LogP contribution in [0.5, 0.6) is 0 Å². The number of thioether (sulfide) groups is 4. The van der Waals surface area contributed by atoms with E-state index in [0.29, 0.717) is 21.3 Å². The third-order valence-corrected chi connectivity index (χ3v) is 10.8. The molecular weight excluding hydrogens is 719 g/mol. The highest BCUT2D eigenvalue weighted by molar-refractivity contribution is 8.00. The Hall–Kier alpha value is -2.32. The number of hydrogen-bond acceptors (Lipinski definition) is 12. The van der Waals surface area contributed by atoms with E-state index in [2.05, 4.69) is 9.97 Å². The Morgan fingerprint density at radius 1 is 0.542 bits per heavy atom. The van der Waals surface area contributed by atoms with Crippen LogP contribution < -0.4 is 22.9 Å². The van der Waals surface area contributed by atoms with Crippen molar-refractivity contribution in [2.24, 2.45) is 22.9 Å². The number of carbonyl (C=O) groups is 2. The summed E-state index contributed by atoms with van der Waals surface area (Å²) in [5.74, 6) is -0.0976. The topological polar surface area (TPSA) is 164 Å². The van der Waals surface area contributed by atoms with Gasteiger partial charge in [-0.1, -0.05) is 0 Å². The van der Waals surface area contributed by atoms with Gasteiger partial charge in [0.2, 0.25) is 0 Å². The molecule has 8 N–H and O–H groups in total. The van der Waals surface area contributed by atoms with Crippen LogP contribution >= 0.6 is 47.0 Å². The molecule has 48 heavy (non-hydrogen) atoms. The average molecular weight is 753 g/mol. The second-order valence-corrected chi connectivity index (χ2v) is 14.5. The standard InChI is InChI=1S/C30H34F6N6O2S4/c31-29(32,33)19-9-17(25(45-5-1-37)14-27(19)47-7-3-39)11-23(43)21-13-22(42-16-41-21)24(44)12-18-10-20(30(34,35)36)28(48-8-4-40)15-26(18)46-6-2-38/h9-10,13-16H,1-8,11-12,37-40H2. The molecule has 1 aromatic heterocycles. The molecular formula is C30H34F6N6O2S4. The summed E-state index contributed by atoms with van der Waals surface area (Å²) in [5, 5.41) is 0. The molecule has 2 aromatic carbocycles. The van der Waals surface area contributed by atoms with Gasteiger partial charge in [0.25, 0.3) is 0 Å². The fourth-order valence-corrected chi connectivity index (χ4v) is 7.90. The first-order chi connectivity index (χ1) is 22.7. The van der Waals surface area contributed by atoms with Crippen molar-refractivity contribution < 1.29 is 35.9 Å². The van der Waals surface area contributed by atoms with E-state index in [1.807, 2.05) is 0 Å². The largest absolute Gasteiger partial charge is 0.417 e. The molecule has 3 rings (SSSR count). The van der Waals surface area contributed by atoms with E-state index in [0.717, 1.165) is 48.1 Å². The number of nitrogens with zero attached hydrogens (tertiary/aromatic N) is 2. The van der Waals surface area contributed by atoms with Gasteiger partial charge in [0.05, 0.1) is 11.1 Å². The first-order valence-electron chi connectivity index (χ1n) is 14.4. The van der Waals surface area contributed by atoms with Crippen molar-refractivity contribution in [1.29, 1.82) is 0 Å². The van der Waals surface area contributed by atoms with Crippen molar-refractivity contribution in [1.82, 2.24) is 9.97 Å². The molecule has 0 saturated heterocycles. The second-order valence-electron chi connectivity index (χ2n) is 9.94. The molecule has 0 bridgehead atoms. The molecule has 8 nitrogen and oxygen atoms in total. The molecule has 0 unspecified atom stereocenters. The molecule has 0 aliphatic carbocycles. The summed E-state index contributed by atoms with van der Waals surface area (Å²) in [4.78, 5) is 35.4. The van der Waals surface area contributed by atoms with Crippen molar-refractivity contribution in [3.63, 3.8) is 0 Å². The highest BCUT2D eigenvalue weighted by Crippen LogP contribution is 2.42. The number of Topliss-reactive ketones (excluding diaryl/α,β-unsaturated/α-hetero) is 2. The van der Waals surface area contributed by atoms with Crippen molar-refractivity contribution in [3.05, 3.63) is 70.3 Å². The lowest BCUT2D eigenvalue weighted by molar-refractivity contribution is -0.140. The van der Waals surface area contributed by atoms with Crippen LogP contribution in [0.25, 0.3) is 0 Å². The first kappa shape index (κ1) is 40.1. The van der Waals surface area contributed by atoms with E-state index in [1.165, 1.54) is 35.7 Å². The third-order valence-electron chi connectivity index (χ3n) is 6.38. The molecule has 1 heterocycles. The normalized spacial score (nSPS) is 12.0. The fraction of sp³-hybridized carbons (Fsp3) is 0.400. The molecule has 3 aromatic rings. The molecule has 18 heteroatoms. The Labute approximate surface area is 290 Å². The Kier molecular flexibility index (Phi) is 15.6. The SMILES string of the molecule is NCCSc1cc(SCCN)c(C(F)(F)F)cc1CC(=O)c1cc(C(=O)Cc2cc(C(F)(F)F)c(SCCN)cc2SCCN)ncn1. The Morgan fingerprint density at radius 2 is 0.875 bits per heavy atom. The van der Waals surface area contributed by atoms with Gasteiger partial charge in [-0.15, -0.1) is 47.0 Å². The number of benzene rings is 2. The minimum atomic E-state index is -4.70. The predicted molar refractivity (Wildman–Crippen MR) is 180 cm³/mol. The van der Waals surface area contributed by atoms with Gasteiger partial charge in [-0.25, -0.2) is 9.97 Å². The fourth-order valence-electron chi connectivity index (χ4n) is 4.30. The Balaban J connectivity index is 1.96. The number of alkyl halides is 6. The third kappa shape index (κ3) is 11.4. The molecule has 0 aliphatic rings. The average Bonchev–Trinajstić information content (AvgIpc) is 3.04. The number of nitrogens with two attached hydrogens (primary N) is 4. The zero-order chi connectivity index (χ0) is 35.5. The monoisotopic (exact) mass is 752 g/mol. The number of aromatic nitrogens is 2. The van der Waals surface area contributed by atoms with Crippen LogP contribution in [0.15, 0.2) is 56.2 Å². The Morgan fingerprint density at radius 3 is 1.19 bits per heavy atom. The maximum absolute atomic E-state index is 14.0. The number of rotatable bonds is 18. The number of halogens is 6. The van der Waals surface area contributed by atoms with Crippen molar-refractivity contribution in [2.45, 2.75) is 44.8 Å². The predicted octanol–water partition coefficient (Wildman–Crippen LogP) is 5.57. The quantitative estimate of drug-likeness (QED) is 0.0727. The zero-order valence-corrected chi connectivity index (χ0v) is 28.7. The van der Waals surface area contributed by atoms with Gasteiger partial charge in [-0.3, -0.25) is 9.59 Å². The number of ketones is 2. The van der Waals surface area contributed by atoms with Crippen LogP contribution in [0.1, 0.15) is 43.2 Å².